The van der Waals surface area contributed by atoms with Crippen molar-refractivity contribution < 1.29 is 4.79 Å². The molecule has 0 aliphatic rings. The van der Waals surface area contributed by atoms with Crippen LogP contribution >= 0.6 is 23.6 Å². The molecule has 0 radical (unpaired) electrons. The third kappa shape index (κ3) is 5.21. The molecule has 4 aromatic rings. The second-order valence-electron chi connectivity index (χ2n) is 8.65. The van der Waals surface area contributed by atoms with Gasteiger partial charge in [-0.3, -0.25) is 10.1 Å². The standard InChI is InChI=1S/C26H25N3OS2/c1-26(2,3)20-14-12-18(13-15-20)23(30)29-25(31)27-16-17-8-10-19(11-9-17)24-28-21-6-4-5-7-22(21)32-24/h4-15H,16H2,1-3H3,(H2,27,29,30,31). The van der Waals surface area contributed by atoms with Crippen molar-refractivity contribution in [1.82, 2.24) is 15.6 Å². The average Bonchev–Trinajstić information content (AvgIpc) is 3.22. The number of thiazole rings is 1. The molecule has 0 spiro atoms. The van der Waals surface area contributed by atoms with Gasteiger partial charge < -0.3 is 5.32 Å². The summed E-state index contributed by atoms with van der Waals surface area (Å²) in [6, 6.07) is 24.0. The Labute approximate surface area is 197 Å². The molecule has 4 rings (SSSR count). The Hall–Kier alpha value is -3.09. The average molecular weight is 460 g/mol. The molecule has 0 saturated carbocycles. The fourth-order valence-electron chi connectivity index (χ4n) is 3.28. The summed E-state index contributed by atoms with van der Waals surface area (Å²) in [5, 5.41) is 7.17. The minimum absolute atomic E-state index is 0.0500. The van der Waals surface area contributed by atoms with Gasteiger partial charge in [-0.25, -0.2) is 4.98 Å². The van der Waals surface area contributed by atoms with Crippen LogP contribution in [-0.4, -0.2) is 16.0 Å². The van der Waals surface area contributed by atoms with E-state index >= 15 is 0 Å². The highest BCUT2D eigenvalue weighted by Gasteiger charge is 2.14. The normalized spacial score (nSPS) is 11.3. The molecule has 0 aliphatic carbocycles. The molecular weight excluding hydrogens is 434 g/mol. The summed E-state index contributed by atoms with van der Waals surface area (Å²) in [7, 11) is 0. The van der Waals surface area contributed by atoms with Crippen LogP contribution in [0.2, 0.25) is 0 Å². The molecule has 0 atom stereocenters. The number of carbonyl (C=O) groups excluding carboxylic acids is 1. The van der Waals surface area contributed by atoms with Crippen LogP contribution in [0.1, 0.15) is 42.3 Å². The first-order chi connectivity index (χ1) is 15.3. The van der Waals surface area contributed by atoms with Gasteiger partial charge in [-0.15, -0.1) is 11.3 Å². The second-order valence-corrected chi connectivity index (χ2v) is 10.1. The first kappa shape index (κ1) is 22.1. The summed E-state index contributed by atoms with van der Waals surface area (Å²) in [5.41, 5.74) is 5.00. The molecule has 0 aliphatic heterocycles. The number of nitrogens with zero attached hydrogens (tertiary/aromatic N) is 1. The van der Waals surface area contributed by atoms with Crippen molar-refractivity contribution >= 4 is 44.8 Å². The minimum atomic E-state index is -0.214. The lowest BCUT2D eigenvalue weighted by Crippen LogP contribution is -2.38. The fraction of sp³-hybridized carbons (Fsp3) is 0.192. The Morgan fingerprint density at radius 3 is 2.31 bits per heavy atom. The zero-order chi connectivity index (χ0) is 22.7. The molecule has 162 valence electrons. The number of hydrogen-bond acceptors (Lipinski definition) is 4. The fourth-order valence-corrected chi connectivity index (χ4v) is 4.42. The van der Waals surface area contributed by atoms with E-state index < -0.39 is 0 Å². The summed E-state index contributed by atoms with van der Waals surface area (Å²) >= 11 is 6.99. The van der Waals surface area contributed by atoms with Gasteiger partial charge in [-0.05, 0) is 53.0 Å². The number of benzene rings is 3. The molecule has 4 nitrogen and oxygen atoms in total. The van der Waals surface area contributed by atoms with E-state index in [1.54, 1.807) is 11.3 Å². The monoisotopic (exact) mass is 459 g/mol. The number of amides is 1. The van der Waals surface area contributed by atoms with E-state index in [9.17, 15) is 4.79 Å². The lowest BCUT2D eigenvalue weighted by atomic mass is 9.87. The molecule has 6 heteroatoms. The Morgan fingerprint density at radius 2 is 1.66 bits per heavy atom. The quantitative estimate of drug-likeness (QED) is 0.364. The van der Waals surface area contributed by atoms with Gasteiger partial charge in [0.25, 0.3) is 5.91 Å². The van der Waals surface area contributed by atoms with Crippen LogP contribution < -0.4 is 10.6 Å². The van der Waals surface area contributed by atoms with Gasteiger partial charge >= 0.3 is 0 Å². The van der Waals surface area contributed by atoms with Crippen LogP contribution in [0.5, 0.6) is 0 Å². The van der Waals surface area contributed by atoms with Crippen LogP contribution in [0.15, 0.2) is 72.8 Å². The number of nitrogens with one attached hydrogen (secondary N) is 2. The van der Waals surface area contributed by atoms with E-state index in [0.29, 0.717) is 17.2 Å². The van der Waals surface area contributed by atoms with Gasteiger partial charge in [0.05, 0.1) is 10.2 Å². The number of para-hydroxylation sites is 1. The predicted molar refractivity (Wildman–Crippen MR) is 137 cm³/mol. The highest BCUT2D eigenvalue weighted by molar-refractivity contribution is 7.80. The van der Waals surface area contributed by atoms with Crippen LogP contribution in [0.25, 0.3) is 20.8 Å². The molecule has 0 saturated heterocycles. The van der Waals surface area contributed by atoms with Crippen molar-refractivity contribution in [1.29, 1.82) is 0 Å². The Balaban J connectivity index is 1.32. The maximum atomic E-state index is 12.5. The number of fused-ring (bicyclic) bond motifs is 1. The smallest absolute Gasteiger partial charge is 0.257 e. The molecule has 0 bridgehead atoms. The van der Waals surface area contributed by atoms with E-state index in [-0.39, 0.29) is 11.3 Å². The van der Waals surface area contributed by atoms with E-state index in [4.69, 9.17) is 17.2 Å². The van der Waals surface area contributed by atoms with Gasteiger partial charge in [-0.1, -0.05) is 69.3 Å². The first-order valence-corrected chi connectivity index (χ1v) is 11.7. The number of hydrogen-bond donors (Lipinski definition) is 2. The summed E-state index contributed by atoms with van der Waals surface area (Å²) < 4.78 is 1.18. The van der Waals surface area contributed by atoms with Crippen molar-refractivity contribution in [3.05, 3.63) is 89.5 Å². The minimum Gasteiger partial charge on any atom is -0.358 e. The van der Waals surface area contributed by atoms with Crippen molar-refractivity contribution in [3.8, 4) is 10.6 Å². The van der Waals surface area contributed by atoms with Crippen LogP contribution in [0.4, 0.5) is 0 Å². The SMILES string of the molecule is CC(C)(C)c1ccc(C(=O)NC(=S)NCc2ccc(-c3nc4ccccc4s3)cc2)cc1. The van der Waals surface area contributed by atoms with E-state index in [1.807, 2.05) is 54.6 Å². The molecule has 1 amide bonds. The predicted octanol–water partition coefficient (Wildman–Crippen LogP) is 6.07. The number of carbonyl (C=O) groups is 1. The Morgan fingerprint density at radius 1 is 0.969 bits per heavy atom. The highest BCUT2D eigenvalue weighted by atomic mass is 32.1. The number of aromatic nitrogens is 1. The van der Waals surface area contributed by atoms with Crippen molar-refractivity contribution in [2.75, 3.05) is 0 Å². The summed E-state index contributed by atoms with van der Waals surface area (Å²) in [5.74, 6) is -0.214. The molecule has 0 unspecified atom stereocenters. The maximum absolute atomic E-state index is 12.5. The lowest BCUT2D eigenvalue weighted by Gasteiger charge is -2.19. The highest BCUT2D eigenvalue weighted by Crippen LogP contribution is 2.30. The van der Waals surface area contributed by atoms with Crippen LogP contribution in [0.3, 0.4) is 0 Å². The lowest BCUT2D eigenvalue weighted by molar-refractivity contribution is 0.0976. The van der Waals surface area contributed by atoms with Crippen molar-refractivity contribution in [2.45, 2.75) is 32.7 Å². The van der Waals surface area contributed by atoms with Gasteiger partial charge in [0.2, 0.25) is 0 Å². The zero-order valence-electron chi connectivity index (χ0n) is 18.3. The molecular formula is C26H25N3OS2. The third-order valence-electron chi connectivity index (χ3n) is 5.19. The molecule has 1 heterocycles. The Kier molecular flexibility index (Phi) is 6.35. The molecule has 3 aromatic carbocycles. The summed E-state index contributed by atoms with van der Waals surface area (Å²) in [6.45, 7) is 6.97. The molecule has 0 fully saturated rings. The molecule has 2 N–H and O–H groups in total. The Bertz CT molecular complexity index is 1220. The van der Waals surface area contributed by atoms with Crippen molar-refractivity contribution in [2.24, 2.45) is 0 Å². The summed E-state index contributed by atoms with van der Waals surface area (Å²) in [6.07, 6.45) is 0. The van der Waals surface area contributed by atoms with E-state index in [0.717, 1.165) is 21.7 Å². The van der Waals surface area contributed by atoms with Gasteiger partial charge in [-0.2, -0.15) is 0 Å². The van der Waals surface area contributed by atoms with Gasteiger partial charge in [0.1, 0.15) is 5.01 Å². The zero-order valence-corrected chi connectivity index (χ0v) is 19.9. The van der Waals surface area contributed by atoms with Crippen LogP contribution in [0, 0.1) is 0 Å². The van der Waals surface area contributed by atoms with Crippen molar-refractivity contribution in [3.63, 3.8) is 0 Å². The topological polar surface area (TPSA) is 54.0 Å². The molecule has 32 heavy (non-hydrogen) atoms. The molecule has 1 aromatic heterocycles. The van der Waals surface area contributed by atoms with Gasteiger partial charge in [0, 0.05) is 17.7 Å². The largest absolute Gasteiger partial charge is 0.358 e. The summed E-state index contributed by atoms with van der Waals surface area (Å²) in [4.78, 5) is 17.2. The van der Waals surface area contributed by atoms with E-state index in [2.05, 4.69) is 49.6 Å². The first-order valence-electron chi connectivity index (χ1n) is 10.4. The van der Waals surface area contributed by atoms with Gasteiger partial charge in [0.15, 0.2) is 5.11 Å². The number of rotatable bonds is 4. The maximum Gasteiger partial charge on any atom is 0.257 e. The van der Waals surface area contributed by atoms with Crippen LogP contribution in [-0.2, 0) is 12.0 Å². The second kappa shape index (κ2) is 9.18. The van der Waals surface area contributed by atoms with E-state index in [1.165, 1.54) is 10.3 Å². The third-order valence-corrected chi connectivity index (χ3v) is 6.52. The number of thiocarbonyl (C=S) groups is 1.